The minimum atomic E-state index is 0.553. The second-order valence-corrected chi connectivity index (χ2v) is 3.82. The number of H-pyrrole nitrogens is 1. The maximum Gasteiger partial charge on any atom is 0.226 e. The smallest absolute Gasteiger partial charge is 0.226 e. The molecule has 3 heterocycles. The van der Waals surface area contributed by atoms with Crippen LogP contribution in [0.5, 0.6) is 0 Å². The molecule has 18 heavy (non-hydrogen) atoms. The second-order valence-electron chi connectivity index (χ2n) is 3.82. The Morgan fingerprint density at radius 2 is 2.28 bits per heavy atom. The highest BCUT2D eigenvalue weighted by molar-refractivity contribution is 5.82. The fourth-order valence-corrected chi connectivity index (χ4v) is 1.90. The molecule has 7 heteroatoms. The van der Waals surface area contributed by atoms with Gasteiger partial charge in [0.2, 0.25) is 5.95 Å². The molecule has 0 amide bonds. The van der Waals surface area contributed by atoms with E-state index in [4.69, 9.17) is 0 Å². The molecule has 0 aliphatic carbocycles. The summed E-state index contributed by atoms with van der Waals surface area (Å²) in [6.07, 6.45) is 6.23. The Balaban J connectivity index is 2.30. The van der Waals surface area contributed by atoms with Crippen LogP contribution in [0.15, 0.2) is 18.6 Å². The fraction of sp³-hybridized carbons (Fsp3) is 0.273. The molecule has 0 fully saturated rings. The van der Waals surface area contributed by atoms with E-state index in [2.05, 4.69) is 37.4 Å². The molecule has 0 unspecified atom stereocenters. The van der Waals surface area contributed by atoms with Gasteiger partial charge < -0.3 is 5.32 Å². The summed E-state index contributed by atoms with van der Waals surface area (Å²) in [6, 6.07) is 0. The van der Waals surface area contributed by atoms with Gasteiger partial charge in [-0.25, -0.2) is 4.98 Å². The van der Waals surface area contributed by atoms with Gasteiger partial charge in [0.1, 0.15) is 5.82 Å². The van der Waals surface area contributed by atoms with E-state index in [1.807, 2.05) is 10.8 Å². The summed E-state index contributed by atoms with van der Waals surface area (Å²) in [4.78, 5) is 13.1. The number of hydrogen-bond donors (Lipinski definition) is 2. The first-order valence-electron chi connectivity index (χ1n) is 5.75. The number of nitrogens with one attached hydrogen (secondary N) is 2. The van der Waals surface area contributed by atoms with Crippen LogP contribution in [-0.4, -0.2) is 36.8 Å². The predicted molar refractivity (Wildman–Crippen MR) is 67.7 cm³/mol. The van der Waals surface area contributed by atoms with Crippen molar-refractivity contribution in [3.8, 4) is 5.82 Å². The van der Waals surface area contributed by atoms with Crippen molar-refractivity contribution >= 4 is 17.0 Å². The number of aryl methyl sites for hydroxylation is 1. The Morgan fingerprint density at radius 3 is 3.06 bits per heavy atom. The van der Waals surface area contributed by atoms with Crippen LogP contribution in [0.2, 0.25) is 0 Å². The number of anilines is 1. The first-order chi connectivity index (χ1) is 8.83. The van der Waals surface area contributed by atoms with Gasteiger partial charge in [-0.1, -0.05) is 6.92 Å². The van der Waals surface area contributed by atoms with Crippen LogP contribution in [0.1, 0.15) is 12.7 Å². The third-order valence-electron chi connectivity index (χ3n) is 2.78. The van der Waals surface area contributed by atoms with Crippen LogP contribution in [0.3, 0.4) is 0 Å². The highest BCUT2D eigenvalue weighted by Gasteiger charge is 2.12. The van der Waals surface area contributed by atoms with E-state index < -0.39 is 0 Å². The van der Waals surface area contributed by atoms with Crippen molar-refractivity contribution in [3.05, 3.63) is 24.4 Å². The average molecular weight is 243 g/mol. The Labute approximate surface area is 103 Å². The number of rotatable bonds is 3. The SMILES string of the molecule is CCc1nccn1-c1nc(NC)nc2[nH]ncc12. The zero-order chi connectivity index (χ0) is 12.5. The van der Waals surface area contributed by atoms with Gasteiger partial charge in [0.25, 0.3) is 0 Å². The van der Waals surface area contributed by atoms with E-state index in [1.165, 1.54) is 0 Å². The monoisotopic (exact) mass is 243 g/mol. The van der Waals surface area contributed by atoms with Crippen LogP contribution in [0.25, 0.3) is 16.9 Å². The van der Waals surface area contributed by atoms with E-state index in [-0.39, 0.29) is 0 Å². The van der Waals surface area contributed by atoms with Crippen LogP contribution in [0.4, 0.5) is 5.95 Å². The first kappa shape index (κ1) is 10.7. The van der Waals surface area contributed by atoms with Gasteiger partial charge in [-0.3, -0.25) is 9.67 Å². The minimum absolute atomic E-state index is 0.553. The Hall–Kier alpha value is -2.44. The van der Waals surface area contributed by atoms with Gasteiger partial charge in [-0.05, 0) is 0 Å². The van der Waals surface area contributed by atoms with Crippen LogP contribution in [-0.2, 0) is 6.42 Å². The van der Waals surface area contributed by atoms with E-state index in [0.29, 0.717) is 11.6 Å². The maximum atomic E-state index is 4.48. The number of aromatic nitrogens is 6. The molecule has 92 valence electrons. The van der Waals surface area contributed by atoms with E-state index in [0.717, 1.165) is 23.4 Å². The lowest BCUT2D eigenvalue weighted by Gasteiger charge is -2.08. The number of hydrogen-bond acceptors (Lipinski definition) is 5. The summed E-state index contributed by atoms with van der Waals surface area (Å²) >= 11 is 0. The van der Waals surface area contributed by atoms with E-state index in [9.17, 15) is 0 Å². The van der Waals surface area contributed by atoms with E-state index in [1.54, 1.807) is 19.4 Å². The van der Waals surface area contributed by atoms with Crippen LogP contribution in [0, 0.1) is 0 Å². The van der Waals surface area contributed by atoms with Crippen molar-refractivity contribution < 1.29 is 0 Å². The summed E-state index contributed by atoms with van der Waals surface area (Å²) in [6.45, 7) is 2.06. The molecule has 0 bridgehead atoms. The summed E-state index contributed by atoms with van der Waals surface area (Å²) in [5.41, 5.74) is 0.708. The molecule has 0 saturated carbocycles. The predicted octanol–water partition coefficient (Wildman–Crippen LogP) is 1.14. The molecule has 7 nitrogen and oxygen atoms in total. The quantitative estimate of drug-likeness (QED) is 0.720. The lowest BCUT2D eigenvalue weighted by molar-refractivity contribution is 0.871. The molecule has 0 spiro atoms. The number of fused-ring (bicyclic) bond motifs is 1. The Bertz CT molecular complexity index is 682. The third-order valence-corrected chi connectivity index (χ3v) is 2.78. The lowest BCUT2D eigenvalue weighted by atomic mass is 10.3. The van der Waals surface area contributed by atoms with Crippen LogP contribution < -0.4 is 5.32 Å². The first-order valence-corrected chi connectivity index (χ1v) is 5.75. The molecule has 0 aromatic carbocycles. The Morgan fingerprint density at radius 1 is 1.39 bits per heavy atom. The topological polar surface area (TPSA) is 84.3 Å². The summed E-state index contributed by atoms with van der Waals surface area (Å²) < 4.78 is 1.96. The molecule has 0 atom stereocenters. The van der Waals surface area contributed by atoms with Crippen molar-refractivity contribution in [2.75, 3.05) is 12.4 Å². The normalized spacial score (nSPS) is 11.0. The molecule has 2 N–H and O–H groups in total. The van der Waals surface area contributed by atoms with Gasteiger partial charge in [0, 0.05) is 25.9 Å². The standard InChI is InChI=1S/C11H13N7/c1-3-8-13-4-5-18(8)10-7-6-14-17-9(7)15-11(12-2)16-10/h4-6H,3H2,1-2H3,(H2,12,14,15,16,17). The molecule has 0 saturated heterocycles. The molecule has 0 aliphatic rings. The third kappa shape index (κ3) is 1.52. The van der Waals surface area contributed by atoms with E-state index >= 15 is 0 Å². The molecule has 3 aromatic heterocycles. The van der Waals surface area contributed by atoms with Gasteiger partial charge in [-0.2, -0.15) is 15.1 Å². The van der Waals surface area contributed by atoms with Crippen molar-refractivity contribution in [3.63, 3.8) is 0 Å². The molecule has 0 aliphatic heterocycles. The summed E-state index contributed by atoms with van der Waals surface area (Å²) in [5.74, 6) is 2.29. The number of nitrogens with zero attached hydrogens (tertiary/aromatic N) is 5. The summed E-state index contributed by atoms with van der Waals surface area (Å²) in [7, 11) is 1.79. The van der Waals surface area contributed by atoms with Crippen molar-refractivity contribution in [1.29, 1.82) is 0 Å². The number of imidazole rings is 1. The second kappa shape index (κ2) is 4.10. The highest BCUT2D eigenvalue weighted by Crippen LogP contribution is 2.20. The lowest BCUT2D eigenvalue weighted by Crippen LogP contribution is -2.06. The van der Waals surface area contributed by atoms with Crippen molar-refractivity contribution in [2.45, 2.75) is 13.3 Å². The maximum absolute atomic E-state index is 4.48. The molecule has 3 aromatic rings. The molecule has 0 radical (unpaired) electrons. The molecule has 3 rings (SSSR count). The Kier molecular flexibility index (Phi) is 2.44. The zero-order valence-corrected chi connectivity index (χ0v) is 10.2. The molecular formula is C11H13N7. The largest absolute Gasteiger partial charge is 0.357 e. The van der Waals surface area contributed by atoms with Gasteiger partial charge in [-0.15, -0.1) is 0 Å². The highest BCUT2D eigenvalue weighted by atomic mass is 15.2. The van der Waals surface area contributed by atoms with Gasteiger partial charge in [0.05, 0.1) is 11.6 Å². The zero-order valence-electron chi connectivity index (χ0n) is 10.2. The average Bonchev–Trinajstić information content (AvgIpc) is 3.05. The van der Waals surface area contributed by atoms with Gasteiger partial charge in [0.15, 0.2) is 11.5 Å². The van der Waals surface area contributed by atoms with Crippen molar-refractivity contribution in [1.82, 2.24) is 29.7 Å². The number of aromatic amines is 1. The van der Waals surface area contributed by atoms with Crippen LogP contribution >= 0.6 is 0 Å². The minimum Gasteiger partial charge on any atom is -0.357 e. The van der Waals surface area contributed by atoms with Crippen molar-refractivity contribution in [2.24, 2.45) is 0 Å². The summed E-state index contributed by atoms with van der Waals surface area (Å²) in [5, 5.41) is 10.7. The van der Waals surface area contributed by atoms with Gasteiger partial charge >= 0.3 is 0 Å². The molecular weight excluding hydrogens is 230 g/mol. The fourth-order valence-electron chi connectivity index (χ4n) is 1.90.